The van der Waals surface area contributed by atoms with Crippen LogP contribution in [-0.4, -0.2) is 43.0 Å². The topological polar surface area (TPSA) is 58.4 Å². The number of carbonyl (C=O) groups is 1. The van der Waals surface area contributed by atoms with Gasteiger partial charge in [0.05, 0.1) is 6.04 Å². The van der Waals surface area contributed by atoms with Crippen LogP contribution in [-0.2, 0) is 4.79 Å². The number of nitrogens with two attached hydrogens (primary N) is 1. The van der Waals surface area contributed by atoms with Crippen molar-refractivity contribution in [2.45, 2.75) is 33.7 Å². The van der Waals surface area contributed by atoms with E-state index in [0.717, 1.165) is 19.6 Å². The maximum Gasteiger partial charge on any atom is 0.237 e. The molecule has 0 bridgehead atoms. The lowest BCUT2D eigenvalue weighted by Gasteiger charge is -2.20. The van der Waals surface area contributed by atoms with Crippen molar-refractivity contribution in [3.05, 3.63) is 0 Å². The van der Waals surface area contributed by atoms with Crippen LogP contribution in [0.4, 0.5) is 0 Å². The second-order valence-electron chi connectivity index (χ2n) is 4.09. The summed E-state index contributed by atoms with van der Waals surface area (Å²) >= 11 is 0. The average molecular weight is 215 g/mol. The van der Waals surface area contributed by atoms with Crippen molar-refractivity contribution in [3.8, 4) is 0 Å². The summed E-state index contributed by atoms with van der Waals surface area (Å²) in [5, 5.41) is 2.86. The number of hydrogen-bond acceptors (Lipinski definition) is 3. The number of nitrogens with one attached hydrogen (secondary N) is 1. The van der Waals surface area contributed by atoms with E-state index in [0.29, 0.717) is 6.54 Å². The Bertz CT molecular complexity index is 179. The van der Waals surface area contributed by atoms with E-state index in [9.17, 15) is 4.79 Å². The lowest BCUT2D eigenvalue weighted by molar-refractivity contribution is -0.123. The summed E-state index contributed by atoms with van der Waals surface area (Å²) in [6.45, 7) is 11.7. The number of hydrogen-bond donors (Lipinski definition) is 2. The Balaban J connectivity index is 3.72. The van der Waals surface area contributed by atoms with Crippen molar-refractivity contribution in [3.63, 3.8) is 0 Å². The fourth-order valence-electron chi connectivity index (χ4n) is 1.30. The highest BCUT2D eigenvalue weighted by Crippen LogP contribution is 1.97. The van der Waals surface area contributed by atoms with Gasteiger partial charge in [0, 0.05) is 13.1 Å². The van der Waals surface area contributed by atoms with Crippen molar-refractivity contribution < 1.29 is 4.79 Å². The van der Waals surface area contributed by atoms with Crippen LogP contribution in [0.5, 0.6) is 0 Å². The molecule has 0 radical (unpaired) electrons. The van der Waals surface area contributed by atoms with Crippen LogP contribution in [0, 0.1) is 5.92 Å². The van der Waals surface area contributed by atoms with Crippen molar-refractivity contribution in [2.24, 2.45) is 11.7 Å². The minimum Gasteiger partial charge on any atom is -0.353 e. The molecule has 0 aliphatic rings. The maximum absolute atomic E-state index is 11.5. The maximum atomic E-state index is 11.5. The lowest BCUT2D eigenvalue weighted by atomic mass is 10.1. The fourth-order valence-corrected chi connectivity index (χ4v) is 1.30. The van der Waals surface area contributed by atoms with Gasteiger partial charge in [-0.1, -0.05) is 27.7 Å². The zero-order chi connectivity index (χ0) is 11.8. The second-order valence-corrected chi connectivity index (χ2v) is 4.09. The van der Waals surface area contributed by atoms with Crippen molar-refractivity contribution in [1.29, 1.82) is 0 Å². The van der Waals surface area contributed by atoms with Crippen LogP contribution in [0.15, 0.2) is 0 Å². The van der Waals surface area contributed by atoms with Crippen LogP contribution in [0.2, 0.25) is 0 Å². The third kappa shape index (κ3) is 5.74. The van der Waals surface area contributed by atoms with E-state index in [1.807, 2.05) is 13.8 Å². The Labute approximate surface area is 93.2 Å². The fraction of sp³-hybridized carbons (Fsp3) is 0.909. The summed E-state index contributed by atoms with van der Waals surface area (Å²) in [4.78, 5) is 13.8. The Hall–Kier alpha value is -0.610. The number of nitrogens with zero attached hydrogens (tertiary/aromatic N) is 1. The number of carbonyl (C=O) groups excluding carboxylic acids is 1. The molecule has 3 N–H and O–H groups in total. The van der Waals surface area contributed by atoms with Crippen LogP contribution >= 0.6 is 0 Å². The Morgan fingerprint density at radius 2 is 1.87 bits per heavy atom. The molecule has 4 heteroatoms. The van der Waals surface area contributed by atoms with E-state index in [-0.39, 0.29) is 17.9 Å². The molecule has 0 aliphatic carbocycles. The standard InChI is InChI=1S/C11H25N3O/c1-5-14(6-2)8-7-13-11(15)10(12)9(3)4/h9-10H,5-8,12H2,1-4H3,(H,13,15)/t10-/m0/s1. The first kappa shape index (κ1) is 14.4. The second kappa shape index (κ2) is 7.65. The smallest absolute Gasteiger partial charge is 0.237 e. The Kier molecular flexibility index (Phi) is 7.34. The first-order valence-electron chi connectivity index (χ1n) is 5.78. The number of amides is 1. The Morgan fingerprint density at radius 3 is 2.27 bits per heavy atom. The predicted molar refractivity (Wildman–Crippen MR) is 63.6 cm³/mol. The molecule has 0 aromatic heterocycles. The summed E-state index contributed by atoms with van der Waals surface area (Å²) < 4.78 is 0. The summed E-state index contributed by atoms with van der Waals surface area (Å²) in [6, 6.07) is -0.387. The third-order valence-electron chi connectivity index (χ3n) is 2.64. The molecule has 0 fully saturated rings. The molecule has 0 aliphatic heterocycles. The Morgan fingerprint density at radius 1 is 1.33 bits per heavy atom. The monoisotopic (exact) mass is 215 g/mol. The van der Waals surface area contributed by atoms with E-state index in [4.69, 9.17) is 5.73 Å². The quantitative estimate of drug-likeness (QED) is 0.647. The van der Waals surface area contributed by atoms with E-state index in [1.165, 1.54) is 0 Å². The van der Waals surface area contributed by atoms with Crippen molar-refractivity contribution >= 4 is 5.91 Å². The van der Waals surface area contributed by atoms with Gasteiger partial charge in [0.2, 0.25) is 5.91 Å². The minimum absolute atomic E-state index is 0.0443. The van der Waals surface area contributed by atoms with Gasteiger partial charge in [-0.05, 0) is 19.0 Å². The van der Waals surface area contributed by atoms with Gasteiger partial charge in [0.1, 0.15) is 0 Å². The van der Waals surface area contributed by atoms with Gasteiger partial charge in [-0.15, -0.1) is 0 Å². The molecule has 15 heavy (non-hydrogen) atoms. The molecule has 0 saturated carbocycles. The van der Waals surface area contributed by atoms with Gasteiger partial charge in [0.15, 0.2) is 0 Å². The molecule has 1 amide bonds. The number of rotatable bonds is 7. The molecule has 1 atom stereocenters. The van der Waals surface area contributed by atoms with E-state index < -0.39 is 0 Å². The molecule has 90 valence electrons. The van der Waals surface area contributed by atoms with E-state index >= 15 is 0 Å². The van der Waals surface area contributed by atoms with Crippen molar-refractivity contribution in [1.82, 2.24) is 10.2 Å². The summed E-state index contributed by atoms with van der Waals surface area (Å²) in [6.07, 6.45) is 0. The SMILES string of the molecule is CCN(CC)CCNC(=O)[C@@H](N)C(C)C. The molecule has 0 unspecified atom stereocenters. The summed E-state index contributed by atoms with van der Waals surface area (Å²) in [5.74, 6) is 0.149. The molecule has 0 spiro atoms. The average Bonchev–Trinajstić information content (AvgIpc) is 2.22. The van der Waals surface area contributed by atoms with Gasteiger partial charge < -0.3 is 16.0 Å². The van der Waals surface area contributed by atoms with Crippen LogP contribution in [0.1, 0.15) is 27.7 Å². The first-order valence-corrected chi connectivity index (χ1v) is 5.78. The van der Waals surface area contributed by atoms with Crippen LogP contribution in [0.3, 0.4) is 0 Å². The molecular weight excluding hydrogens is 190 g/mol. The van der Waals surface area contributed by atoms with Crippen LogP contribution in [0.25, 0.3) is 0 Å². The van der Waals surface area contributed by atoms with E-state index in [2.05, 4.69) is 24.1 Å². The normalized spacial score (nSPS) is 13.3. The highest BCUT2D eigenvalue weighted by molar-refractivity contribution is 5.81. The van der Waals surface area contributed by atoms with Crippen LogP contribution < -0.4 is 11.1 Å². The molecule has 0 saturated heterocycles. The molecule has 0 aromatic rings. The first-order chi connectivity index (χ1) is 7.02. The zero-order valence-corrected chi connectivity index (χ0v) is 10.4. The summed E-state index contributed by atoms with van der Waals surface area (Å²) in [7, 11) is 0. The molecule has 0 heterocycles. The van der Waals surface area contributed by atoms with Gasteiger partial charge in [-0.3, -0.25) is 4.79 Å². The number of likely N-dealkylation sites (N-methyl/N-ethyl adjacent to an activating group) is 1. The third-order valence-corrected chi connectivity index (χ3v) is 2.64. The van der Waals surface area contributed by atoms with Crippen molar-refractivity contribution in [2.75, 3.05) is 26.2 Å². The molecule has 0 rings (SSSR count). The molecule has 0 aromatic carbocycles. The molecular formula is C11H25N3O. The van der Waals surface area contributed by atoms with E-state index in [1.54, 1.807) is 0 Å². The van der Waals surface area contributed by atoms with Gasteiger partial charge in [0.25, 0.3) is 0 Å². The predicted octanol–water partition coefficient (Wildman–Crippen LogP) is 0.428. The zero-order valence-electron chi connectivity index (χ0n) is 10.4. The van der Waals surface area contributed by atoms with Gasteiger partial charge in [-0.25, -0.2) is 0 Å². The highest BCUT2D eigenvalue weighted by Gasteiger charge is 2.16. The van der Waals surface area contributed by atoms with Gasteiger partial charge in [-0.2, -0.15) is 0 Å². The highest BCUT2D eigenvalue weighted by atomic mass is 16.2. The van der Waals surface area contributed by atoms with Gasteiger partial charge >= 0.3 is 0 Å². The minimum atomic E-state index is -0.387. The lowest BCUT2D eigenvalue weighted by Crippen LogP contribution is -2.46. The summed E-state index contributed by atoms with van der Waals surface area (Å²) in [5.41, 5.74) is 5.72. The molecule has 4 nitrogen and oxygen atoms in total. The largest absolute Gasteiger partial charge is 0.353 e.